The zero-order valence-electron chi connectivity index (χ0n) is 9.66. The van der Waals surface area contributed by atoms with Gasteiger partial charge >= 0.3 is 0 Å². The average molecular weight is 241 g/mol. The summed E-state index contributed by atoms with van der Waals surface area (Å²) < 4.78 is 0. The van der Waals surface area contributed by atoms with E-state index in [4.69, 9.17) is 17.3 Å². The second-order valence-electron chi connectivity index (χ2n) is 3.81. The van der Waals surface area contributed by atoms with Gasteiger partial charge in [-0.3, -0.25) is 4.79 Å². The van der Waals surface area contributed by atoms with E-state index in [1.54, 1.807) is 18.0 Å². The number of carbonyl (C=O) groups excluding carboxylic acids is 1. The van der Waals surface area contributed by atoms with Gasteiger partial charge in [0.2, 0.25) is 0 Å². The number of hydrogen-bond donors (Lipinski definition) is 1. The first-order chi connectivity index (χ1) is 7.57. The van der Waals surface area contributed by atoms with E-state index < -0.39 is 0 Å². The van der Waals surface area contributed by atoms with Crippen LogP contribution in [-0.2, 0) is 0 Å². The zero-order chi connectivity index (χ0) is 12.1. The van der Waals surface area contributed by atoms with Crippen LogP contribution in [0.3, 0.4) is 0 Å². The molecule has 0 fully saturated rings. The molecule has 1 amide bonds. The largest absolute Gasteiger partial charge is 0.342 e. The summed E-state index contributed by atoms with van der Waals surface area (Å²) in [6.07, 6.45) is 0.797. The molecular formula is C12H17ClN2O. The molecular weight excluding hydrogens is 224 g/mol. The fourth-order valence-corrected chi connectivity index (χ4v) is 1.66. The summed E-state index contributed by atoms with van der Waals surface area (Å²) in [7, 11) is 1.76. The summed E-state index contributed by atoms with van der Waals surface area (Å²) >= 11 is 6.09. The van der Waals surface area contributed by atoms with Crippen molar-refractivity contribution in [2.45, 2.75) is 13.3 Å². The van der Waals surface area contributed by atoms with Crippen molar-refractivity contribution < 1.29 is 4.79 Å². The van der Waals surface area contributed by atoms with Gasteiger partial charge in [-0.25, -0.2) is 0 Å². The van der Waals surface area contributed by atoms with Crippen molar-refractivity contribution in [2.75, 3.05) is 20.1 Å². The number of rotatable bonds is 4. The first-order valence-corrected chi connectivity index (χ1v) is 5.66. The molecule has 16 heavy (non-hydrogen) atoms. The van der Waals surface area contributed by atoms with Crippen LogP contribution in [-0.4, -0.2) is 30.9 Å². The van der Waals surface area contributed by atoms with Crippen molar-refractivity contribution >= 4 is 17.5 Å². The third kappa shape index (κ3) is 2.97. The fourth-order valence-electron chi connectivity index (χ4n) is 1.45. The van der Waals surface area contributed by atoms with Crippen LogP contribution in [0.2, 0.25) is 5.02 Å². The van der Waals surface area contributed by atoms with E-state index >= 15 is 0 Å². The highest BCUT2D eigenvalue weighted by atomic mass is 35.5. The summed E-state index contributed by atoms with van der Waals surface area (Å²) in [6, 6.07) is 5.47. The van der Waals surface area contributed by atoms with Crippen molar-refractivity contribution in [3.63, 3.8) is 0 Å². The minimum absolute atomic E-state index is 0.0536. The number of carbonyl (C=O) groups is 1. The standard InChI is InChI=1S/C12H17ClN2O/c1-9-5-3-6-10(11(9)13)12(16)15(2)8-4-7-14/h3,5-6H,4,7-8,14H2,1-2H3. The van der Waals surface area contributed by atoms with Crippen LogP contribution in [0, 0.1) is 6.92 Å². The van der Waals surface area contributed by atoms with Gasteiger partial charge < -0.3 is 10.6 Å². The molecule has 88 valence electrons. The van der Waals surface area contributed by atoms with E-state index in [0.29, 0.717) is 23.7 Å². The van der Waals surface area contributed by atoms with E-state index in [0.717, 1.165) is 12.0 Å². The molecule has 0 unspecified atom stereocenters. The molecule has 0 saturated heterocycles. The van der Waals surface area contributed by atoms with E-state index in [-0.39, 0.29) is 5.91 Å². The van der Waals surface area contributed by atoms with Crippen LogP contribution in [0.4, 0.5) is 0 Å². The number of aryl methyl sites for hydroxylation is 1. The van der Waals surface area contributed by atoms with Gasteiger partial charge in [0, 0.05) is 13.6 Å². The van der Waals surface area contributed by atoms with E-state index in [1.807, 2.05) is 19.1 Å². The van der Waals surface area contributed by atoms with Crippen molar-refractivity contribution in [2.24, 2.45) is 5.73 Å². The molecule has 0 aliphatic heterocycles. The molecule has 4 heteroatoms. The molecule has 0 radical (unpaired) electrons. The smallest absolute Gasteiger partial charge is 0.255 e. The Bertz CT molecular complexity index is 379. The van der Waals surface area contributed by atoms with Gasteiger partial charge in [0.1, 0.15) is 0 Å². The zero-order valence-corrected chi connectivity index (χ0v) is 10.4. The van der Waals surface area contributed by atoms with Gasteiger partial charge in [-0.2, -0.15) is 0 Å². The summed E-state index contributed by atoms with van der Waals surface area (Å²) in [5, 5.41) is 0.534. The van der Waals surface area contributed by atoms with Crippen molar-refractivity contribution in [1.82, 2.24) is 4.90 Å². The Kier molecular flexibility index (Phi) is 4.77. The number of benzene rings is 1. The first-order valence-electron chi connectivity index (χ1n) is 5.28. The van der Waals surface area contributed by atoms with Crippen LogP contribution >= 0.6 is 11.6 Å². The molecule has 2 N–H and O–H groups in total. The van der Waals surface area contributed by atoms with Crippen LogP contribution < -0.4 is 5.73 Å². The molecule has 1 aromatic carbocycles. The third-order valence-electron chi connectivity index (χ3n) is 2.47. The molecule has 0 aromatic heterocycles. The van der Waals surface area contributed by atoms with Gasteiger partial charge in [-0.15, -0.1) is 0 Å². The van der Waals surface area contributed by atoms with E-state index in [9.17, 15) is 4.79 Å². The lowest BCUT2D eigenvalue weighted by atomic mass is 10.1. The average Bonchev–Trinajstić information content (AvgIpc) is 2.28. The Morgan fingerprint density at radius 3 is 2.81 bits per heavy atom. The van der Waals surface area contributed by atoms with Crippen LogP contribution in [0.5, 0.6) is 0 Å². The predicted molar refractivity (Wildman–Crippen MR) is 66.8 cm³/mol. The second kappa shape index (κ2) is 5.87. The lowest BCUT2D eigenvalue weighted by molar-refractivity contribution is 0.0794. The Labute approximate surface area is 101 Å². The lowest BCUT2D eigenvalue weighted by Crippen LogP contribution is -2.29. The second-order valence-corrected chi connectivity index (χ2v) is 4.18. The van der Waals surface area contributed by atoms with Gasteiger partial charge in [-0.1, -0.05) is 23.7 Å². The Hall–Kier alpha value is -1.06. The predicted octanol–water partition coefficient (Wildman–Crippen LogP) is 2.07. The highest BCUT2D eigenvalue weighted by Crippen LogP contribution is 2.21. The summed E-state index contributed by atoms with van der Waals surface area (Å²) in [5.41, 5.74) is 6.88. The van der Waals surface area contributed by atoms with Crippen LogP contribution in [0.1, 0.15) is 22.3 Å². The molecule has 0 saturated carbocycles. The molecule has 3 nitrogen and oxygen atoms in total. The molecule has 1 rings (SSSR count). The quantitative estimate of drug-likeness (QED) is 0.876. The molecule has 0 heterocycles. The number of nitrogens with zero attached hydrogens (tertiary/aromatic N) is 1. The van der Waals surface area contributed by atoms with Crippen molar-refractivity contribution in [1.29, 1.82) is 0 Å². The third-order valence-corrected chi connectivity index (χ3v) is 2.97. The van der Waals surface area contributed by atoms with Crippen LogP contribution in [0.25, 0.3) is 0 Å². The Morgan fingerprint density at radius 2 is 2.19 bits per heavy atom. The van der Waals surface area contributed by atoms with Gasteiger partial charge in [0.15, 0.2) is 0 Å². The van der Waals surface area contributed by atoms with Gasteiger partial charge in [-0.05, 0) is 31.5 Å². The molecule has 0 spiro atoms. The molecule has 0 aliphatic carbocycles. The Balaban J connectivity index is 2.84. The lowest BCUT2D eigenvalue weighted by Gasteiger charge is -2.17. The van der Waals surface area contributed by atoms with Gasteiger partial charge in [0.25, 0.3) is 5.91 Å². The number of amides is 1. The number of halogens is 1. The first kappa shape index (κ1) is 13.0. The SMILES string of the molecule is Cc1cccc(C(=O)N(C)CCCN)c1Cl. The van der Waals surface area contributed by atoms with Crippen LogP contribution in [0.15, 0.2) is 18.2 Å². The highest BCUT2D eigenvalue weighted by molar-refractivity contribution is 6.34. The summed E-state index contributed by atoms with van der Waals surface area (Å²) in [5.74, 6) is -0.0536. The molecule has 0 bridgehead atoms. The van der Waals surface area contributed by atoms with Gasteiger partial charge in [0.05, 0.1) is 10.6 Å². The minimum Gasteiger partial charge on any atom is -0.342 e. The maximum Gasteiger partial charge on any atom is 0.255 e. The Morgan fingerprint density at radius 1 is 1.50 bits per heavy atom. The summed E-state index contributed by atoms with van der Waals surface area (Å²) in [4.78, 5) is 13.7. The maximum absolute atomic E-state index is 12.0. The van der Waals surface area contributed by atoms with Crippen molar-refractivity contribution in [3.8, 4) is 0 Å². The molecule has 0 atom stereocenters. The van der Waals surface area contributed by atoms with E-state index in [2.05, 4.69) is 0 Å². The molecule has 0 aliphatic rings. The molecule has 1 aromatic rings. The number of nitrogens with two attached hydrogens (primary N) is 1. The van der Waals surface area contributed by atoms with E-state index in [1.165, 1.54) is 0 Å². The minimum atomic E-state index is -0.0536. The van der Waals surface area contributed by atoms with Crippen molar-refractivity contribution in [3.05, 3.63) is 34.3 Å². The maximum atomic E-state index is 12.0. The highest BCUT2D eigenvalue weighted by Gasteiger charge is 2.15. The topological polar surface area (TPSA) is 46.3 Å². The fraction of sp³-hybridized carbons (Fsp3) is 0.417. The summed E-state index contributed by atoms with van der Waals surface area (Å²) in [6.45, 7) is 3.12. The number of hydrogen-bond acceptors (Lipinski definition) is 2. The monoisotopic (exact) mass is 240 g/mol. The normalized spacial score (nSPS) is 10.2.